The number of carbonyl (C=O) groups excluding carboxylic acids is 2. The fourth-order valence-electron chi connectivity index (χ4n) is 1.73. The fourth-order valence-corrected chi connectivity index (χ4v) is 2.62. The van der Waals surface area contributed by atoms with Gasteiger partial charge in [-0.25, -0.2) is 4.79 Å². The third kappa shape index (κ3) is 4.40. The van der Waals surface area contributed by atoms with Gasteiger partial charge >= 0.3 is 11.0 Å². The van der Waals surface area contributed by atoms with Crippen LogP contribution in [-0.2, 0) is 9.53 Å². The van der Waals surface area contributed by atoms with Crippen LogP contribution < -0.4 is 5.32 Å². The SMILES string of the molecule is COC(=O)c1ccc(Cl)c(NC(=O)/C=C/c2ccc([N+](=O)[O-])s2)c1. The van der Waals surface area contributed by atoms with Crippen molar-refractivity contribution in [2.24, 2.45) is 0 Å². The molecule has 0 fully saturated rings. The smallest absolute Gasteiger partial charge is 0.337 e. The zero-order valence-corrected chi connectivity index (χ0v) is 13.9. The van der Waals surface area contributed by atoms with Gasteiger partial charge < -0.3 is 10.1 Å². The number of anilines is 1. The number of thiophene rings is 1. The maximum absolute atomic E-state index is 11.9. The van der Waals surface area contributed by atoms with Crippen LogP contribution >= 0.6 is 22.9 Å². The van der Waals surface area contributed by atoms with Crippen molar-refractivity contribution in [3.05, 3.63) is 62.0 Å². The lowest BCUT2D eigenvalue weighted by molar-refractivity contribution is -0.380. The molecule has 0 atom stereocenters. The second kappa shape index (κ2) is 7.71. The van der Waals surface area contributed by atoms with E-state index in [4.69, 9.17) is 11.6 Å². The van der Waals surface area contributed by atoms with Gasteiger partial charge in [-0.2, -0.15) is 0 Å². The van der Waals surface area contributed by atoms with Crippen molar-refractivity contribution >= 4 is 51.6 Å². The largest absolute Gasteiger partial charge is 0.465 e. The van der Waals surface area contributed by atoms with Crippen molar-refractivity contribution in [2.75, 3.05) is 12.4 Å². The summed E-state index contributed by atoms with van der Waals surface area (Å²) in [6.45, 7) is 0. The molecule has 0 saturated carbocycles. The number of amides is 1. The van der Waals surface area contributed by atoms with E-state index < -0.39 is 16.8 Å². The van der Waals surface area contributed by atoms with Crippen molar-refractivity contribution < 1.29 is 19.2 Å². The highest BCUT2D eigenvalue weighted by atomic mass is 35.5. The summed E-state index contributed by atoms with van der Waals surface area (Å²) in [5.74, 6) is -1.04. The number of nitro groups is 1. The lowest BCUT2D eigenvalue weighted by Crippen LogP contribution is -2.09. The van der Waals surface area contributed by atoms with E-state index in [0.29, 0.717) is 4.88 Å². The van der Waals surface area contributed by atoms with E-state index in [9.17, 15) is 19.7 Å². The third-order valence-corrected chi connectivity index (χ3v) is 4.17. The van der Waals surface area contributed by atoms with Gasteiger partial charge in [0.25, 0.3) is 0 Å². The summed E-state index contributed by atoms with van der Waals surface area (Å²) < 4.78 is 4.60. The quantitative estimate of drug-likeness (QED) is 0.376. The number of hydrogen-bond acceptors (Lipinski definition) is 6. The Balaban J connectivity index is 2.10. The lowest BCUT2D eigenvalue weighted by Gasteiger charge is -2.07. The van der Waals surface area contributed by atoms with Crippen LogP contribution in [0, 0.1) is 10.1 Å². The Labute approximate surface area is 145 Å². The lowest BCUT2D eigenvalue weighted by atomic mass is 10.2. The van der Waals surface area contributed by atoms with E-state index in [1.54, 1.807) is 0 Å². The first-order valence-corrected chi connectivity index (χ1v) is 7.71. The predicted octanol–water partition coefficient (Wildman–Crippen LogP) is 3.75. The van der Waals surface area contributed by atoms with Crippen LogP contribution in [0.2, 0.25) is 5.02 Å². The first-order chi connectivity index (χ1) is 11.4. The Hall–Kier alpha value is -2.71. The number of nitrogens with one attached hydrogen (secondary N) is 1. The number of benzene rings is 1. The second-order valence-corrected chi connectivity index (χ2v) is 5.94. The maximum Gasteiger partial charge on any atom is 0.337 e. The normalized spacial score (nSPS) is 10.6. The fraction of sp³-hybridized carbons (Fsp3) is 0.0667. The highest BCUT2D eigenvalue weighted by Crippen LogP contribution is 2.26. The Morgan fingerprint density at radius 2 is 2.08 bits per heavy atom. The molecule has 7 nitrogen and oxygen atoms in total. The molecule has 1 aromatic heterocycles. The number of hydrogen-bond donors (Lipinski definition) is 1. The molecule has 1 heterocycles. The van der Waals surface area contributed by atoms with Crippen LogP contribution in [0.4, 0.5) is 10.7 Å². The van der Waals surface area contributed by atoms with Crippen LogP contribution in [0.3, 0.4) is 0 Å². The maximum atomic E-state index is 11.9. The van der Waals surface area contributed by atoms with E-state index in [-0.39, 0.29) is 21.3 Å². The van der Waals surface area contributed by atoms with E-state index >= 15 is 0 Å². The van der Waals surface area contributed by atoms with Crippen molar-refractivity contribution in [3.8, 4) is 0 Å². The molecule has 0 aliphatic carbocycles. The van der Waals surface area contributed by atoms with Gasteiger partial charge in [0, 0.05) is 17.0 Å². The number of methoxy groups -OCH3 is 1. The zero-order valence-electron chi connectivity index (χ0n) is 12.3. The molecule has 2 rings (SSSR count). The van der Waals surface area contributed by atoms with Gasteiger partial charge in [-0.1, -0.05) is 22.9 Å². The molecular weight excluding hydrogens is 356 g/mol. The zero-order chi connectivity index (χ0) is 17.7. The van der Waals surface area contributed by atoms with Crippen LogP contribution in [0.5, 0.6) is 0 Å². The van der Waals surface area contributed by atoms with E-state index in [1.165, 1.54) is 49.6 Å². The van der Waals surface area contributed by atoms with Crippen molar-refractivity contribution in [1.82, 2.24) is 0 Å². The monoisotopic (exact) mass is 366 g/mol. The topological polar surface area (TPSA) is 98.5 Å². The summed E-state index contributed by atoms with van der Waals surface area (Å²) in [6.07, 6.45) is 2.67. The van der Waals surface area contributed by atoms with Gasteiger partial charge in [0.05, 0.1) is 28.3 Å². The molecule has 0 saturated heterocycles. The van der Waals surface area contributed by atoms with Gasteiger partial charge in [-0.15, -0.1) is 0 Å². The molecule has 1 aromatic carbocycles. The van der Waals surface area contributed by atoms with Crippen LogP contribution in [0.25, 0.3) is 6.08 Å². The summed E-state index contributed by atoms with van der Waals surface area (Å²) in [4.78, 5) is 34.1. The minimum Gasteiger partial charge on any atom is -0.465 e. The Morgan fingerprint density at radius 3 is 2.71 bits per heavy atom. The summed E-state index contributed by atoms with van der Waals surface area (Å²) >= 11 is 6.93. The van der Waals surface area contributed by atoms with Gasteiger partial charge in [-0.3, -0.25) is 14.9 Å². The first-order valence-electron chi connectivity index (χ1n) is 6.52. The van der Waals surface area contributed by atoms with E-state index in [2.05, 4.69) is 10.1 Å². The molecule has 1 N–H and O–H groups in total. The average Bonchev–Trinajstić information content (AvgIpc) is 3.03. The summed E-state index contributed by atoms with van der Waals surface area (Å²) in [6, 6.07) is 7.24. The number of carbonyl (C=O) groups is 2. The van der Waals surface area contributed by atoms with Crippen LogP contribution in [0.1, 0.15) is 15.2 Å². The average molecular weight is 367 g/mol. The van der Waals surface area contributed by atoms with Crippen molar-refractivity contribution in [2.45, 2.75) is 0 Å². The molecule has 9 heteroatoms. The number of halogens is 1. The summed E-state index contributed by atoms with van der Waals surface area (Å²) in [7, 11) is 1.25. The minimum atomic E-state index is -0.552. The molecule has 0 unspecified atom stereocenters. The number of ether oxygens (including phenoxy) is 1. The molecule has 24 heavy (non-hydrogen) atoms. The molecule has 0 radical (unpaired) electrons. The third-order valence-electron chi connectivity index (χ3n) is 2.84. The first kappa shape index (κ1) is 17.6. The number of rotatable bonds is 5. The van der Waals surface area contributed by atoms with E-state index in [1.807, 2.05) is 0 Å². The van der Waals surface area contributed by atoms with Gasteiger partial charge in [-0.05, 0) is 30.3 Å². The Morgan fingerprint density at radius 1 is 1.33 bits per heavy atom. The summed E-state index contributed by atoms with van der Waals surface area (Å²) in [5, 5.41) is 13.4. The molecule has 2 aromatic rings. The predicted molar refractivity (Wildman–Crippen MR) is 91.4 cm³/mol. The molecular formula is C15H11ClN2O5S. The molecule has 0 aliphatic rings. The number of nitrogens with zero attached hydrogens (tertiary/aromatic N) is 1. The van der Waals surface area contributed by atoms with Gasteiger partial charge in [0.15, 0.2) is 0 Å². The van der Waals surface area contributed by atoms with Crippen molar-refractivity contribution in [1.29, 1.82) is 0 Å². The molecule has 124 valence electrons. The second-order valence-electron chi connectivity index (χ2n) is 4.44. The summed E-state index contributed by atoms with van der Waals surface area (Å²) in [5.41, 5.74) is 0.501. The van der Waals surface area contributed by atoms with Gasteiger partial charge in [0.1, 0.15) is 0 Å². The highest BCUT2D eigenvalue weighted by Gasteiger charge is 2.11. The Bertz CT molecular complexity index is 831. The minimum absolute atomic E-state index is 0.0103. The van der Waals surface area contributed by atoms with Crippen LogP contribution in [0.15, 0.2) is 36.4 Å². The molecule has 1 amide bonds. The number of esters is 1. The Kier molecular flexibility index (Phi) is 5.67. The molecule has 0 spiro atoms. The van der Waals surface area contributed by atoms with Gasteiger partial charge in [0.2, 0.25) is 5.91 Å². The molecule has 0 aliphatic heterocycles. The van der Waals surface area contributed by atoms with Crippen LogP contribution in [-0.4, -0.2) is 23.9 Å². The highest BCUT2D eigenvalue weighted by molar-refractivity contribution is 7.16. The molecule has 0 bridgehead atoms. The standard InChI is InChI=1S/C15H11ClN2O5S/c1-23-15(20)9-2-5-11(16)12(8-9)17-13(19)6-3-10-4-7-14(24-10)18(21)22/h2-8H,1H3,(H,17,19)/b6-3+. The van der Waals surface area contributed by atoms with Crippen molar-refractivity contribution in [3.63, 3.8) is 0 Å². The van der Waals surface area contributed by atoms with E-state index in [0.717, 1.165) is 11.3 Å².